The number of aliphatic hydroxyl groups excluding tert-OH is 1. The Morgan fingerprint density at radius 2 is 1.22 bits per heavy atom. The van der Waals surface area contributed by atoms with Crippen LogP contribution < -0.4 is 0 Å². The maximum atomic E-state index is 12.7. The number of aliphatic hydroxyl groups is 1. The van der Waals surface area contributed by atoms with E-state index in [9.17, 15) is 19.4 Å². The van der Waals surface area contributed by atoms with Gasteiger partial charge in [-0.15, -0.1) is 0 Å². The number of unbranched alkanes of at least 4 members (excludes halogenated alkanes) is 11. The second-order valence-corrected chi connectivity index (χ2v) is 17.1. The molecule has 0 amide bonds. The van der Waals surface area contributed by atoms with Crippen LogP contribution in [0.4, 0.5) is 0 Å². The number of carbonyl (C=O) groups is 1. The molecule has 0 fully saturated rings. The molecule has 9 nitrogen and oxygen atoms in total. The number of nitrogens with zero attached hydrogens (tertiary/aromatic N) is 1. The Kier molecular flexibility index (Phi) is 37.8. The van der Waals surface area contributed by atoms with Crippen molar-refractivity contribution in [3.05, 3.63) is 97.4 Å². The first-order valence-corrected chi connectivity index (χ1v) is 23.6. The number of quaternary nitrogens is 1. The van der Waals surface area contributed by atoms with Crippen molar-refractivity contribution in [1.29, 1.82) is 0 Å². The summed E-state index contributed by atoms with van der Waals surface area (Å²) in [4.78, 5) is 22.8. The summed E-state index contributed by atoms with van der Waals surface area (Å²) in [5.41, 5.74) is 0. The zero-order valence-corrected chi connectivity index (χ0v) is 38.0. The van der Waals surface area contributed by atoms with Crippen molar-refractivity contribution in [3.63, 3.8) is 0 Å². The van der Waals surface area contributed by atoms with Gasteiger partial charge in [0.1, 0.15) is 19.8 Å². The van der Waals surface area contributed by atoms with Gasteiger partial charge in [0.15, 0.2) is 6.10 Å². The fourth-order valence-corrected chi connectivity index (χ4v) is 6.07. The average Bonchev–Trinajstić information content (AvgIpc) is 3.17. The van der Waals surface area contributed by atoms with Gasteiger partial charge in [0.05, 0.1) is 40.1 Å². The molecule has 10 heteroatoms. The van der Waals surface area contributed by atoms with Gasteiger partial charge in [-0.1, -0.05) is 144 Å². The lowest BCUT2D eigenvalue weighted by Gasteiger charge is -2.24. The molecule has 332 valence electrons. The highest BCUT2D eigenvalue weighted by Crippen LogP contribution is 2.43. The van der Waals surface area contributed by atoms with Gasteiger partial charge in [0.2, 0.25) is 0 Å². The number of carbonyl (C=O) groups excluding carboxylic acids is 1. The fourth-order valence-electron chi connectivity index (χ4n) is 5.33. The number of phosphoric ester groups is 1. The first-order valence-electron chi connectivity index (χ1n) is 22.1. The molecular formula is C48H83NO8P+. The van der Waals surface area contributed by atoms with Crippen LogP contribution in [-0.4, -0.2) is 80.2 Å². The third-order valence-electron chi connectivity index (χ3n) is 8.79. The maximum absolute atomic E-state index is 12.7. The summed E-state index contributed by atoms with van der Waals surface area (Å²) in [6.45, 7) is 4.57. The predicted octanol–water partition coefficient (Wildman–Crippen LogP) is 12.4. The van der Waals surface area contributed by atoms with Crippen LogP contribution in [0.2, 0.25) is 0 Å². The number of rotatable bonds is 39. The van der Waals surface area contributed by atoms with E-state index in [1.54, 1.807) is 12.3 Å². The fraction of sp³-hybridized carbons (Fsp3) is 0.646. The summed E-state index contributed by atoms with van der Waals surface area (Å²) >= 11 is 0. The van der Waals surface area contributed by atoms with Crippen LogP contribution in [0, 0.1) is 0 Å². The SMILES string of the molecule is CC/C=C\C/C=C\C/C=C\C/C=C\C=C/C(O)C/C=C\CCC(=O)O[C@H](CO/C=C/CCCCCC/C=C\CCCCCCCC)COP(=O)(O)OCC[N+](C)(C)C. The summed E-state index contributed by atoms with van der Waals surface area (Å²) in [6, 6.07) is 0. The van der Waals surface area contributed by atoms with Crippen LogP contribution in [0.1, 0.15) is 142 Å². The van der Waals surface area contributed by atoms with Crippen molar-refractivity contribution >= 4 is 13.8 Å². The lowest BCUT2D eigenvalue weighted by atomic mass is 10.1. The van der Waals surface area contributed by atoms with Crippen molar-refractivity contribution in [2.24, 2.45) is 0 Å². The second kappa shape index (κ2) is 39.7. The summed E-state index contributed by atoms with van der Waals surface area (Å²) in [5, 5.41) is 10.2. The zero-order valence-electron chi connectivity index (χ0n) is 37.1. The predicted molar refractivity (Wildman–Crippen MR) is 243 cm³/mol. The number of ether oxygens (including phenoxy) is 2. The first-order chi connectivity index (χ1) is 28.0. The molecule has 0 heterocycles. The van der Waals surface area contributed by atoms with E-state index in [4.69, 9.17) is 18.5 Å². The summed E-state index contributed by atoms with van der Waals surface area (Å²) < 4.78 is 34.5. The van der Waals surface area contributed by atoms with Crippen LogP contribution in [0.5, 0.6) is 0 Å². The van der Waals surface area contributed by atoms with E-state index < -0.39 is 26.0 Å². The molecule has 2 unspecified atom stereocenters. The molecule has 0 aromatic rings. The molecule has 0 aromatic heterocycles. The monoisotopic (exact) mass is 833 g/mol. The molecule has 0 radical (unpaired) electrons. The van der Waals surface area contributed by atoms with E-state index >= 15 is 0 Å². The molecule has 0 aliphatic rings. The molecule has 0 aromatic carbocycles. The van der Waals surface area contributed by atoms with Gasteiger partial charge in [-0.25, -0.2) is 4.57 Å². The lowest BCUT2D eigenvalue weighted by molar-refractivity contribution is -0.870. The summed E-state index contributed by atoms with van der Waals surface area (Å²) in [7, 11) is 1.50. The highest BCUT2D eigenvalue weighted by molar-refractivity contribution is 7.47. The quantitative estimate of drug-likeness (QED) is 0.0120. The van der Waals surface area contributed by atoms with Crippen molar-refractivity contribution in [2.75, 3.05) is 47.5 Å². The summed E-state index contributed by atoms with van der Waals surface area (Å²) in [6.07, 6.45) is 51.4. The molecule has 0 bridgehead atoms. The molecule has 2 N–H and O–H groups in total. The van der Waals surface area contributed by atoms with Crippen molar-refractivity contribution in [3.8, 4) is 0 Å². The first kappa shape index (κ1) is 55.2. The minimum atomic E-state index is -4.35. The van der Waals surface area contributed by atoms with Crippen LogP contribution in [0.25, 0.3) is 0 Å². The molecule has 58 heavy (non-hydrogen) atoms. The lowest BCUT2D eigenvalue weighted by Crippen LogP contribution is -2.37. The number of hydrogen-bond donors (Lipinski definition) is 2. The third kappa shape index (κ3) is 42.8. The minimum absolute atomic E-state index is 0.0279. The van der Waals surface area contributed by atoms with E-state index in [-0.39, 0.29) is 26.2 Å². The molecule has 0 saturated heterocycles. The minimum Gasteiger partial charge on any atom is -0.498 e. The number of phosphoric acid groups is 1. The van der Waals surface area contributed by atoms with E-state index in [2.05, 4.69) is 62.5 Å². The molecule has 0 rings (SSSR count). The second-order valence-electron chi connectivity index (χ2n) is 15.6. The Morgan fingerprint density at radius 3 is 1.84 bits per heavy atom. The van der Waals surface area contributed by atoms with Crippen molar-refractivity contribution < 1.29 is 42.4 Å². The van der Waals surface area contributed by atoms with Gasteiger partial charge in [0.25, 0.3) is 0 Å². The molecular weight excluding hydrogens is 750 g/mol. The topological polar surface area (TPSA) is 112 Å². The van der Waals surface area contributed by atoms with Gasteiger partial charge in [-0.2, -0.15) is 0 Å². The molecule has 0 saturated carbocycles. The Balaban J connectivity index is 4.56. The molecule has 0 spiro atoms. The van der Waals surface area contributed by atoms with E-state index in [1.165, 1.54) is 57.8 Å². The van der Waals surface area contributed by atoms with E-state index in [0.717, 1.165) is 51.4 Å². The average molecular weight is 833 g/mol. The molecule has 0 aliphatic carbocycles. The van der Waals surface area contributed by atoms with Crippen molar-refractivity contribution in [2.45, 2.75) is 154 Å². The molecule has 0 aliphatic heterocycles. The zero-order chi connectivity index (χ0) is 42.8. The van der Waals surface area contributed by atoms with Gasteiger partial charge in [0, 0.05) is 6.42 Å². The number of esters is 1. The Labute approximate surface area is 354 Å². The van der Waals surface area contributed by atoms with E-state index in [0.29, 0.717) is 23.9 Å². The van der Waals surface area contributed by atoms with Gasteiger partial charge in [-0.3, -0.25) is 13.8 Å². The molecule has 3 atom stereocenters. The summed E-state index contributed by atoms with van der Waals surface area (Å²) in [5.74, 6) is -0.485. The van der Waals surface area contributed by atoms with Crippen LogP contribution in [-0.2, 0) is 27.9 Å². The standard InChI is InChI=1S/C48H82NO8P/c1-6-8-10-12-14-16-18-20-21-22-24-26-28-30-32-37-42-54-44-47(45-56-58(52,53)55-43-41-49(3,4)5)57-48(51)40-36-33-35-39-46(50)38-34-31-29-27-25-23-19-17-15-13-11-9-7-2/h9,11,15,17,20-21,23,25,29,31,33-35,37-38,42,46-47,50H,6-8,10,12-14,16,18-19,22,24,26-28,30,32,36,39-41,43-45H2,1-5H3/p+1/b11-9-,17-15-,21-20-,25-23-,31-29-,35-33-,38-34-,42-37+/t46?,47-/m1/s1. The highest BCUT2D eigenvalue weighted by atomic mass is 31.2. The maximum Gasteiger partial charge on any atom is 0.472 e. The number of allylic oxidation sites excluding steroid dienone is 13. The largest absolute Gasteiger partial charge is 0.498 e. The van der Waals surface area contributed by atoms with Crippen molar-refractivity contribution in [1.82, 2.24) is 0 Å². The van der Waals surface area contributed by atoms with Crippen LogP contribution in [0.15, 0.2) is 97.4 Å². The highest BCUT2D eigenvalue weighted by Gasteiger charge is 2.26. The third-order valence-corrected chi connectivity index (χ3v) is 9.77. The Bertz CT molecular complexity index is 1260. The van der Waals surface area contributed by atoms with Gasteiger partial charge < -0.3 is 24.0 Å². The smallest absolute Gasteiger partial charge is 0.472 e. The van der Waals surface area contributed by atoms with Crippen LogP contribution in [0.3, 0.4) is 0 Å². The number of likely N-dealkylation sites (N-methyl/N-ethyl adjacent to an activating group) is 1. The van der Waals surface area contributed by atoms with E-state index in [1.807, 2.05) is 57.6 Å². The van der Waals surface area contributed by atoms with Crippen LogP contribution >= 0.6 is 7.82 Å². The van der Waals surface area contributed by atoms with Gasteiger partial charge in [-0.05, 0) is 83.1 Å². The Hall–Kier alpha value is -2.78. The normalized spacial score (nSPS) is 15.2. The van der Waals surface area contributed by atoms with Gasteiger partial charge >= 0.3 is 13.8 Å². The Morgan fingerprint density at radius 1 is 0.655 bits per heavy atom. The number of hydrogen-bond acceptors (Lipinski definition) is 7.